The molecule has 0 saturated heterocycles. The molecular formula is C31H62O11. The lowest BCUT2D eigenvalue weighted by atomic mass is 10.1. The van der Waals surface area contributed by atoms with Crippen molar-refractivity contribution in [2.24, 2.45) is 5.92 Å². The predicted octanol–water partition coefficient (Wildman–Crippen LogP) is 4.09. The Labute approximate surface area is 255 Å². The molecule has 0 spiro atoms. The molecule has 0 N–H and O–H groups in total. The molecular weight excluding hydrogens is 548 g/mol. The van der Waals surface area contributed by atoms with E-state index in [2.05, 4.69) is 20.8 Å². The van der Waals surface area contributed by atoms with E-state index >= 15 is 0 Å². The zero-order valence-corrected chi connectivity index (χ0v) is 27.0. The molecule has 0 aliphatic carbocycles. The van der Waals surface area contributed by atoms with Crippen molar-refractivity contribution >= 4 is 5.97 Å². The van der Waals surface area contributed by atoms with Crippen LogP contribution in [0.2, 0.25) is 0 Å². The van der Waals surface area contributed by atoms with Gasteiger partial charge in [0.25, 0.3) is 0 Å². The summed E-state index contributed by atoms with van der Waals surface area (Å²) in [4.78, 5) is 11.6. The quantitative estimate of drug-likeness (QED) is 0.0756. The maximum absolute atomic E-state index is 11.6. The molecule has 11 nitrogen and oxygen atoms in total. The van der Waals surface area contributed by atoms with Crippen molar-refractivity contribution in [1.82, 2.24) is 0 Å². The monoisotopic (exact) mass is 610 g/mol. The highest BCUT2D eigenvalue weighted by molar-refractivity contribution is 5.69. The summed E-state index contributed by atoms with van der Waals surface area (Å²) in [5.74, 6) is 0.454. The standard InChI is InChI=1S/C31H62O11/c1-4-6-7-8-9-10-31(32)42-28-27-40-24-23-38-20-19-36-16-15-34-12-11-33-13-14-35-17-18-37-21-22-39-25-26-41-29-30(3)5-2/h30H,4-29H2,1-3H3. The molecule has 1 atom stereocenters. The van der Waals surface area contributed by atoms with Gasteiger partial charge in [-0.05, 0) is 12.3 Å². The zero-order chi connectivity index (χ0) is 30.6. The second kappa shape index (κ2) is 36.3. The van der Waals surface area contributed by atoms with E-state index in [1.807, 2.05) is 0 Å². The van der Waals surface area contributed by atoms with E-state index in [4.69, 9.17) is 47.4 Å². The molecule has 0 amide bonds. The fraction of sp³-hybridized carbons (Fsp3) is 0.968. The van der Waals surface area contributed by atoms with Crippen molar-refractivity contribution in [3.63, 3.8) is 0 Å². The fourth-order valence-corrected chi connectivity index (χ4v) is 3.32. The van der Waals surface area contributed by atoms with Gasteiger partial charge in [0.1, 0.15) is 6.61 Å². The fourth-order valence-electron chi connectivity index (χ4n) is 3.32. The smallest absolute Gasteiger partial charge is 0.305 e. The van der Waals surface area contributed by atoms with Crippen LogP contribution >= 0.6 is 0 Å². The number of hydrogen-bond donors (Lipinski definition) is 0. The number of esters is 1. The largest absolute Gasteiger partial charge is 0.463 e. The maximum atomic E-state index is 11.6. The second-order valence-corrected chi connectivity index (χ2v) is 9.87. The van der Waals surface area contributed by atoms with Gasteiger partial charge < -0.3 is 47.4 Å². The van der Waals surface area contributed by atoms with E-state index in [0.717, 1.165) is 25.9 Å². The SMILES string of the molecule is CCCCCCCC(=O)OCCOCCOCCOCCOCCOCCOCCOCCOCCOCC(C)CC. The van der Waals surface area contributed by atoms with E-state index in [1.54, 1.807) is 0 Å². The molecule has 0 aliphatic heterocycles. The minimum absolute atomic E-state index is 0.144. The van der Waals surface area contributed by atoms with Crippen molar-refractivity contribution in [2.75, 3.05) is 126 Å². The lowest BCUT2D eigenvalue weighted by Crippen LogP contribution is -2.15. The van der Waals surface area contributed by atoms with E-state index in [9.17, 15) is 4.79 Å². The van der Waals surface area contributed by atoms with Crippen LogP contribution in [0.4, 0.5) is 0 Å². The van der Waals surface area contributed by atoms with Gasteiger partial charge in [-0.3, -0.25) is 4.79 Å². The molecule has 0 bridgehead atoms. The summed E-state index contributed by atoms with van der Waals surface area (Å²) in [5, 5.41) is 0. The molecule has 0 saturated carbocycles. The van der Waals surface area contributed by atoms with Gasteiger partial charge in [-0.25, -0.2) is 0 Å². The Morgan fingerprint density at radius 2 is 0.786 bits per heavy atom. The van der Waals surface area contributed by atoms with Crippen LogP contribution in [-0.2, 0) is 52.2 Å². The van der Waals surface area contributed by atoms with Gasteiger partial charge in [0.05, 0.1) is 112 Å². The topological polar surface area (TPSA) is 109 Å². The van der Waals surface area contributed by atoms with Crippen LogP contribution < -0.4 is 0 Å². The Morgan fingerprint density at radius 1 is 0.452 bits per heavy atom. The van der Waals surface area contributed by atoms with Crippen LogP contribution in [0.1, 0.15) is 65.7 Å². The van der Waals surface area contributed by atoms with Gasteiger partial charge in [-0.15, -0.1) is 0 Å². The van der Waals surface area contributed by atoms with Crippen molar-refractivity contribution < 1.29 is 52.2 Å². The summed E-state index contributed by atoms with van der Waals surface area (Å²) in [6.45, 7) is 16.4. The van der Waals surface area contributed by atoms with E-state index < -0.39 is 0 Å². The Hall–Kier alpha value is -0.890. The van der Waals surface area contributed by atoms with E-state index in [1.165, 1.54) is 19.3 Å². The molecule has 0 rings (SSSR count). The molecule has 0 radical (unpaired) electrons. The van der Waals surface area contributed by atoms with Crippen LogP contribution in [0.15, 0.2) is 0 Å². The molecule has 0 aromatic heterocycles. The Morgan fingerprint density at radius 3 is 1.14 bits per heavy atom. The highest BCUT2D eigenvalue weighted by Gasteiger charge is 2.02. The Bertz CT molecular complexity index is 525. The first-order valence-electron chi connectivity index (χ1n) is 16.1. The summed E-state index contributed by atoms with van der Waals surface area (Å²) >= 11 is 0. The highest BCUT2D eigenvalue weighted by Crippen LogP contribution is 2.05. The number of ether oxygens (including phenoxy) is 10. The van der Waals surface area contributed by atoms with Gasteiger partial charge >= 0.3 is 5.97 Å². The number of carbonyl (C=O) groups excluding carboxylic acids is 1. The van der Waals surface area contributed by atoms with Gasteiger partial charge in [0.15, 0.2) is 0 Å². The first-order valence-corrected chi connectivity index (χ1v) is 16.1. The normalized spacial score (nSPS) is 12.2. The number of unbranched alkanes of at least 4 members (excludes halogenated alkanes) is 4. The summed E-state index contributed by atoms with van der Waals surface area (Å²) < 4.78 is 54.3. The molecule has 42 heavy (non-hydrogen) atoms. The molecule has 1 unspecified atom stereocenters. The summed E-state index contributed by atoms with van der Waals surface area (Å²) in [5.41, 5.74) is 0. The molecule has 0 heterocycles. The Balaban J connectivity index is 3.09. The summed E-state index contributed by atoms with van der Waals surface area (Å²) in [6, 6.07) is 0. The van der Waals surface area contributed by atoms with Gasteiger partial charge in [-0.1, -0.05) is 52.9 Å². The first-order chi connectivity index (χ1) is 20.7. The molecule has 0 aliphatic rings. The third-order valence-electron chi connectivity index (χ3n) is 6.05. The van der Waals surface area contributed by atoms with Crippen molar-refractivity contribution in [3.8, 4) is 0 Å². The average molecular weight is 611 g/mol. The minimum Gasteiger partial charge on any atom is -0.463 e. The van der Waals surface area contributed by atoms with Crippen molar-refractivity contribution in [2.45, 2.75) is 65.7 Å². The highest BCUT2D eigenvalue weighted by atomic mass is 16.6. The molecule has 252 valence electrons. The third kappa shape index (κ3) is 35.3. The molecule has 11 heteroatoms. The van der Waals surface area contributed by atoms with Gasteiger partial charge in [-0.2, -0.15) is 0 Å². The lowest BCUT2D eigenvalue weighted by molar-refractivity contribution is -0.145. The van der Waals surface area contributed by atoms with Crippen LogP contribution in [0.5, 0.6) is 0 Å². The zero-order valence-electron chi connectivity index (χ0n) is 27.0. The molecule has 0 aromatic carbocycles. The predicted molar refractivity (Wildman–Crippen MR) is 161 cm³/mol. The van der Waals surface area contributed by atoms with Crippen LogP contribution in [-0.4, -0.2) is 132 Å². The maximum Gasteiger partial charge on any atom is 0.305 e. The third-order valence-corrected chi connectivity index (χ3v) is 6.05. The van der Waals surface area contributed by atoms with Crippen molar-refractivity contribution in [1.29, 1.82) is 0 Å². The van der Waals surface area contributed by atoms with Crippen LogP contribution in [0.25, 0.3) is 0 Å². The number of rotatable bonds is 36. The average Bonchev–Trinajstić information content (AvgIpc) is 3.00. The second-order valence-electron chi connectivity index (χ2n) is 9.87. The lowest BCUT2D eigenvalue weighted by Gasteiger charge is -2.10. The number of carbonyl (C=O) groups is 1. The van der Waals surface area contributed by atoms with Crippen LogP contribution in [0.3, 0.4) is 0 Å². The van der Waals surface area contributed by atoms with Gasteiger partial charge in [0, 0.05) is 13.0 Å². The first kappa shape index (κ1) is 41.1. The van der Waals surface area contributed by atoms with Gasteiger partial charge in [0.2, 0.25) is 0 Å². The summed E-state index contributed by atoms with van der Waals surface area (Å²) in [6.07, 6.45) is 7.23. The van der Waals surface area contributed by atoms with E-state index in [0.29, 0.717) is 125 Å². The van der Waals surface area contributed by atoms with Crippen molar-refractivity contribution in [3.05, 3.63) is 0 Å². The van der Waals surface area contributed by atoms with Crippen LogP contribution in [0, 0.1) is 5.92 Å². The Kier molecular flexibility index (Phi) is 35.5. The molecule has 0 fully saturated rings. The molecule has 0 aromatic rings. The number of hydrogen-bond acceptors (Lipinski definition) is 11. The summed E-state index contributed by atoms with van der Waals surface area (Å²) in [7, 11) is 0. The van der Waals surface area contributed by atoms with E-state index in [-0.39, 0.29) is 12.6 Å². The minimum atomic E-state index is -0.144.